The Hall–Kier alpha value is -0.880. The van der Waals surface area contributed by atoms with Crippen LogP contribution in [0.3, 0.4) is 0 Å². The highest BCUT2D eigenvalue weighted by Crippen LogP contribution is 2.32. The van der Waals surface area contributed by atoms with Crippen molar-refractivity contribution < 1.29 is 13.7 Å². The number of rotatable bonds is 5. The normalized spacial score (nSPS) is 14.2. The quantitative estimate of drug-likeness (QED) is 0.910. The smallest absolute Gasteiger partial charge is 0.210 e. The topological polar surface area (TPSA) is 63.3 Å². The van der Waals surface area contributed by atoms with Crippen LogP contribution < -0.4 is 0 Å². The van der Waals surface area contributed by atoms with E-state index < -0.39 is 10.8 Å². The summed E-state index contributed by atoms with van der Waals surface area (Å²) in [5.41, 5.74) is 0.676. The van der Waals surface area contributed by atoms with Gasteiger partial charge >= 0.3 is 0 Å². The summed E-state index contributed by atoms with van der Waals surface area (Å²) < 4.78 is 17.4. The predicted octanol–water partition coefficient (Wildman–Crippen LogP) is 3.45. The maximum absolute atomic E-state index is 11.8. The summed E-state index contributed by atoms with van der Waals surface area (Å²) in [7, 11) is -1.23. The molecule has 0 aliphatic carbocycles. The molecule has 2 atom stereocenters. The van der Waals surface area contributed by atoms with Crippen LogP contribution in [0, 0.1) is 0 Å². The summed E-state index contributed by atoms with van der Waals surface area (Å²) in [4.78, 5) is 4.13. The molecule has 0 saturated heterocycles. The highest BCUT2D eigenvalue weighted by molar-refractivity contribution is 7.85. The number of aromatic nitrogens is 1. The van der Waals surface area contributed by atoms with E-state index in [2.05, 4.69) is 4.98 Å². The van der Waals surface area contributed by atoms with E-state index in [0.29, 0.717) is 27.3 Å². The van der Waals surface area contributed by atoms with Gasteiger partial charge in [-0.15, -0.1) is 0 Å². The Bertz CT molecular complexity index is 630. The third kappa shape index (κ3) is 3.41. The Balaban J connectivity index is 2.26. The molecule has 108 valence electrons. The van der Waals surface area contributed by atoms with Gasteiger partial charge in [0.25, 0.3) is 0 Å². The molecule has 0 aliphatic rings. The Morgan fingerprint density at radius 3 is 2.85 bits per heavy atom. The first-order chi connectivity index (χ1) is 9.52. The average Bonchev–Trinajstić information content (AvgIpc) is 2.87. The minimum absolute atomic E-state index is 0.131. The molecule has 2 aromatic rings. The van der Waals surface area contributed by atoms with E-state index in [1.54, 1.807) is 25.1 Å². The zero-order valence-corrected chi connectivity index (χ0v) is 13.0. The van der Waals surface area contributed by atoms with Gasteiger partial charge in [-0.2, -0.15) is 0 Å². The van der Waals surface area contributed by atoms with E-state index in [4.69, 9.17) is 32.7 Å². The lowest BCUT2D eigenvalue weighted by atomic mass is 10.2. The van der Waals surface area contributed by atoms with Gasteiger partial charge in [0.1, 0.15) is 5.25 Å². The summed E-state index contributed by atoms with van der Waals surface area (Å²) >= 11 is 11.9. The first kappa shape index (κ1) is 15.5. The van der Waals surface area contributed by atoms with E-state index in [1.165, 1.54) is 6.20 Å². The number of hydrogen-bond acceptors (Lipinski definition) is 4. The van der Waals surface area contributed by atoms with Crippen LogP contribution in [0.4, 0.5) is 0 Å². The van der Waals surface area contributed by atoms with Crippen molar-refractivity contribution in [1.82, 2.24) is 4.98 Å². The van der Waals surface area contributed by atoms with E-state index in [0.717, 1.165) is 0 Å². The lowest BCUT2D eigenvalue weighted by Crippen LogP contribution is -2.09. The van der Waals surface area contributed by atoms with Crippen molar-refractivity contribution in [3.8, 4) is 11.3 Å². The number of aliphatic hydroxyl groups is 1. The Kier molecular flexibility index (Phi) is 5.21. The molecule has 1 heterocycles. The Morgan fingerprint density at radius 1 is 1.45 bits per heavy atom. The molecular formula is C13H13Cl2NO3S. The molecule has 1 aromatic heterocycles. The zero-order valence-electron chi connectivity index (χ0n) is 10.7. The van der Waals surface area contributed by atoms with Crippen LogP contribution >= 0.6 is 23.2 Å². The molecule has 0 spiro atoms. The molecule has 20 heavy (non-hydrogen) atoms. The summed E-state index contributed by atoms with van der Waals surface area (Å²) in [5.74, 6) is 1.05. The van der Waals surface area contributed by atoms with Crippen LogP contribution in [0.5, 0.6) is 0 Å². The minimum atomic E-state index is -1.23. The number of benzene rings is 1. The molecular weight excluding hydrogens is 321 g/mol. The number of oxazole rings is 1. The van der Waals surface area contributed by atoms with Gasteiger partial charge in [0, 0.05) is 27.1 Å². The standard InChI is InChI=1S/C13H13Cl2NO3S/c1-8(20(18)5-4-17)13-16-7-12(19-13)10-3-2-9(14)6-11(10)15/h2-3,6-8,17H,4-5H2,1H3/t8-,20+/m1/s1. The van der Waals surface area contributed by atoms with Crippen molar-refractivity contribution in [1.29, 1.82) is 0 Å². The van der Waals surface area contributed by atoms with Gasteiger partial charge in [-0.25, -0.2) is 4.98 Å². The number of hydrogen-bond donors (Lipinski definition) is 1. The highest BCUT2D eigenvalue weighted by atomic mass is 35.5. The maximum Gasteiger partial charge on any atom is 0.210 e. The van der Waals surface area contributed by atoms with E-state index in [-0.39, 0.29) is 17.6 Å². The van der Waals surface area contributed by atoms with Gasteiger partial charge < -0.3 is 9.52 Å². The molecule has 0 saturated carbocycles. The molecule has 4 nitrogen and oxygen atoms in total. The molecule has 0 amide bonds. The first-order valence-corrected chi connectivity index (χ1v) is 8.06. The van der Waals surface area contributed by atoms with Gasteiger partial charge in [-0.05, 0) is 25.1 Å². The van der Waals surface area contributed by atoms with Crippen molar-refractivity contribution in [3.63, 3.8) is 0 Å². The monoisotopic (exact) mass is 333 g/mol. The van der Waals surface area contributed by atoms with Crippen LogP contribution in [-0.4, -0.2) is 26.7 Å². The van der Waals surface area contributed by atoms with Gasteiger partial charge in [0.05, 0.1) is 17.8 Å². The maximum atomic E-state index is 11.8. The predicted molar refractivity (Wildman–Crippen MR) is 80.5 cm³/mol. The molecule has 0 fully saturated rings. The van der Waals surface area contributed by atoms with E-state index >= 15 is 0 Å². The van der Waals surface area contributed by atoms with Gasteiger partial charge in [0.2, 0.25) is 5.89 Å². The largest absolute Gasteiger partial charge is 0.439 e. The van der Waals surface area contributed by atoms with E-state index in [1.807, 2.05) is 0 Å². The first-order valence-electron chi connectivity index (χ1n) is 5.92. The minimum Gasteiger partial charge on any atom is -0.439 e. The molecule has 1 N–H and O–H groups in total. The van der Waals surface area contributed by atoms with Crippen LogP contribution in [0.15, 0.2) is 28.8 Å². The lowest BCUT2D eigenvalue weighted by molar-refractivity contribution is 0.321. The number of aliphatic hydroxyl groups excluding tert-OH is 1. The summed E-state index contributed by atoms with van der Waals surface area (Å²) in [5, 5.41) is 9.42. The summed E-state index contributed by atoms with van der Waals surface area (Å²) in [6.45, 7) is 1.61. The fraction of sp³-hybridized carbons (Fsp3) is 0.308. The second kappa shape index (κ2) is 6.72. The molecule has 2 rings (SSSR count). The van der Waals surface area contributed by atoms with Crippen LogP contribution in [-0.2, 0) is 10.8 Å². The second-order valence-corrected chi connectivity index (χ2v) is 6.86. The highest BCUT2D eigenvalue weighted by Gasteiger charge is 2.19. The molecule has 0 bridgehead atoms. The molecule has 0 radical (unpaired) electrons. The SMILES string of the molecule is C[C@H](c1ncc(-c2ccc(Cl)cc2Cl)o1)[S@@](=O)CCO. The Labute approximate surface area is 129 Å². The fourth-order valence-electron chi connectivity index (χ4n) is 1.67. The van der Waals surface area contributed by atoms with Gasteiger partial charge in [-0.3, -0.25) is 4.21 Å². The molecule has 0 unspecified atom stereocenters. The second-order valence-electron chi connectivity index (χ2n) is 4.14. The third-order valence-corrected chi connectivity index (χ3v) is 4.88. The molecule has 0 aliphatic heterocycles. The average molecular weight is 334 g/mol. The molecule has 1 aromatic carbocycles. The summed E-state index contributed by atoms with van der Waals surface area (Å²) in [6, 6.07) is 5.07. The number of halogens is 2. The zero-order chi connectivity index (χ0) is 14.7. The van der Waals surface area contributed by atoms with E-state index in [9.17, 15) is 4.21 Å². The van der Waals surface area contributed by atoms with Crippen LogP contribution in [0.2, 0.25) is 10.0 Å². The van der Waals surface area contributed by atoms with Crippen molar-refractivity contribution in [2.75, 3.05) is 12.4 Å². The van der Waals surface area contributed by atoms with Crippen molar-refractivity contribution in [3.05, 3.63) is 40.3 Å². The Morgan fingerprint density at radius 2 is 2.20 bits per heavy atom. The van der Waals surface area contributed by atoms with Gasteiger partial charge in [0.15, 0.2) is 5.76 Å². The fourth-order valence-corrected chi connectivity index (χ4v) is 3.04. The van der Waals surface area contributed by atoms with Gasteiger partial charge in [-0.1, -0.05) is 23.2 Å². The van der Waals surface area contributed by atoms with Crippen molar-refractivity contribution in [2.24, 2.45) is 0 Å². The third-order valence-electron chi connectivity index (χ3n) is 2.75. The lowest BCUT2D eigenvalue weighted by Gasteiger charge is -2.06. The van der Waals surface area contributed by atoms with Crippen LogP contribution in [0.1, 0.15) is 18.1 Å². The van der Waals surface area contributed by atoms with Crippen LogP contribution in [0.25, 0.3) is 11.3 Å². The summed E-state index contributed by atoms with van der Waals surface area (Å²) in [6.07, 6.45) is 1.54. The molecule has 7 heteroatoms. The van der Waals surface area contributed by atoms with Crippen molar-refractivity contribution in [2.45, 2.75) is 12.2 Å². The van der Waals surface area contributed by atoms with Crippen molar-refractivity contribution >= 4 is 34.0 Å². The number of nitrogens with zero attached hydrogens (tertiary/aromatic N) is 1.